The van der Waals surface area contributed by atoms with Crippen LogP contribution in [0.5, 0.6) is 0 Å². The van der Waals surface area contributed by atoms with Crippen molar-refractivity contribution in [3.8, 4) is 11.1 Å². The lowest BCUT2D eigenvalue weighted by atomic mass is 9.93. The van der Waals surface area contributed by atoms with Gasteiger partial charge in [0.15, 0.2) is 11.6 Å². The molecule has 2 aromatic carbocycles. The fourth-order valence-electron chi connectivity index (χ4n) is 9.51. The third kappa shape index (κ3) is 10.3. The van der Waals surface area contributed by atoms with Crippen LogP contribution in [0.2, 0.25) is 0 Å². The molecule has 6 aliphatic heterocycles. The molecule has 2 spiro atoms. The number of nitrogens with zero attached hydrogens (tertiary/aromatic N) is 4. The number of hydrogen-bond donors (Lipinski definition) is 2. The third-order valence-corrected chi connectivity index (χ3v) is 13.2. The summed E-state index contributed by atoms with van der Waals surface area (Å²) in [5, 5.41) is 6.21. The first-order valence-electron chi connectivity index (χ1n) is 22.9. The van der Waals surface area contributed by atoms with E-state index < -0.39 is 23.4 Å². The van der Waals surface area contributed by atoms with Crippen molar-refractivity contribution in [3.63, 3.8) is 0 Å². The third-order valence-electron chi connectivity index (χ3n) is 13.2. The van der Waals surface area contributed by atoms with Gasteiger partial charge in [-0.05, 0) is 87.1 Å². The predicted molar refractivity (Wildman–Crippen MR) is 230 cm³/mol. The van der Waals surface area contributed by atoms with Crippen LogP contribution in [-0.2, 0) is 28.4 Å². The van der Waals surface area contributed by atoms with E-state index in [9.17, 15) is 28.8 Å². The van der Waals surface area contributed by atoms with Crippen molar-refractivity contribution in [1.29, 1.82) is 0 Å². The Morgan fingerprint density at radius 2 is 0.828 bits per heavy atom. The van der Waals surface area contributed by atoms with Crippen LogP contribution >= 0.6 is 0 Å². The average Bonchev–Trinajstić information content (AvgIpc) is 3.98. The molecule has 2 N–H and O–H groups in total. The maximum absolute atomic E-state index is 14.4. The number of likely N-dealkylation sites (tertiary alicyclic amines) is 4. The standard InChI is InChI=1S/C46H60N6O12/c1-3-59-43(57)51-13-5-37(6-14-51)47-39(53)33-25-31(26-34(29-33)40(54)48-38-7-15-52(16-8-38)44(58)60-4-2)32-27-35(41(55)49-17-9-45(10-18-49)61-21-22-62-45)30-36(28-32)42(56)50-19-11-46(12-20-50)63-23-24-64-46/h25-30,37-38H,3-24H2,1-2H3,(H,47,53)(H,48,54). The van der Waals surface area contributed by atoms with Gasteiger partial charge in [-0.15, -0.1) is 0 Å². The molecule has 6 aliphatic rings. The van der Waals surface area contributed by atoms with E-state index in [4.69, 9.17) is 28.4 Å². The summed E-state index contributed by atoms with van der Waals surface area (Å²) in [5.74, 6) is -2.71. The van der Waals surface area contributed by atoms with Crippen molar-refractivity contribution in [3.05, 3.63) is 58.7 Å². The second-order valence-corrected chi connectivity index (χ2v) is 17.3. The molecule has 0 saturated carbocycles. The van der Waals surface area contributed by atoms with Crippen molar-refractivity contribution < 1.29 is 57.2 Å². The van der Waals surface area contributed by atoms with Crippen LogP contribution in [0.3, 0.4) is 0 Å². The molecule has 346 valence electrons. The largest absolute Gasteiger partial charge is 0.450 e. The van der Waals surface area contributed by atoms with Gasteiger partial charge in [0.1, 0.15) is 0 Å². The van der Waals surface area contributed by atoms with E-state index in [0.717, 1.165) is 0 Å². The second kappa shape index (κ2) is 19.8. The van der Waals surface area contributed by atoms with Crippen molar-refractivity contribution in [2.75, 3.05) is 92.0 Å². The van der Waals surface area contributed by atoms with Gasteiger partial charge in [-0.2, -0.15) is 0 Å². The van der Waals surface area contributed by atoms with Crippen molar-refractivity contribution in [2.45, 2.75) is 88.9 Å². The van der Waals surface area contributed by atoms with Gasteiger partial charge < -0.3 is 58.7 Å². The van der Waals surface area contributed by atoms with E-state index in [1.807, 2.05) is 0 Å². The number of carbonyl (C=O) groups is 6. The number of benzene rings is 2. The lowest BCUT2D eigenvalue weighted by molar-refractivity contribution is -0.182. The first-order valence-corrected chi connectivity index (χ1v) is 22.9. The normalized spacial score (nSPS) is 21.2. The number of ether oxygens (including phenoxy) is 6. The Balaban J connectivity index is 1.09. The minimum absolute atomic E-state index is 0.216. The van der Waals surface area contributed by atoms with E-state index in [1.165, 1.54) is 0 Å². The van der Waals surface area contributed by atoms with E-state index in [1.54, 1.807) is 69.8 Å². The monoisotopic (exact) mass is 888 g/mol. The number of carbonyl (C=O) groups excluding carboxylic acids is 6. The molecule has 18 nitrogen and oxygen atoms in total. The summed E-state index contributed by atoms with van der Waals surface area (Å²) in [5.41, 5.74) is 1.97. The van der Waals surface area contributed by atoms with E-state index in [0.29, 0.717) is 152 Å². The molecule has 0 unspecified atom stereocenters. The van der Waals surface area contributed by atoms with Gasteiger partial charge in [-0.25, -0.2) is 9.59 Å². The van der Waals surface area contributed by atoms with Crippen LogP contribution in [0.25, 0.3) is 11.1 Å². The molecule has 6 saturated heterocycles. The molecule has 8 rings (SSSR count). The summed E-state index contributed by atoms with van der Waals surface area (Å²) in [6.07, 6.45) is 3.37. The van der Waals surface area contributed by atoms with Gasteiger partial charge in [0.05, 0.1) is 39.6 Å². The van der Waals surface area contributed by atoms with Gasteiger partial charge in [-0.3, -0.25) is 19.2 Å². The van der Waals surface area contributed by atoms with Gasteiger partial charge >= 0.3 is 12.2 Å². The molecular weight excluding hydrogens is 829 g/mol. The van der Waals surface area contributed by atoms with Crippen LogP contribution in [0.1, 0.15) is 107 Å². The molecule has 6 amide bonds. The second-order valence-electron chi connectivity index (χ2n) is 17.3. The fourth-order valence-corrected chi connectivity index (χ4v) is 9.51. The SMILES string of the molecule is CCOC(=O)N1CCC(NC(=O)c2cc(C(=O)NC3CCN(C(=O)OCC)CC3)cc(-c3cc(C(=O)N4CCC5(CC4)OCCO5)cc(C(=O)N4CCC5(CC4)OCCO5)c3)c2)CC1. The first-order chi connectivity index (χ1) is 31.0. The molecule has 0 radical (unpaired) electrons. The highest BCUT2D eigenvalue weighted by molar-refractivity contribution is 6.04. The lowest BCUT2D eigenvalue weighted by Crippen LogP contribution is -2.47. The average molecular weight is 889 g/mol. The Labute approximate surface area is 373 Å². The quantitative estimate of drug-likeness (QED) is 0.368. The van der Waals surface area contributed by atoms with Crippen molar-refractivity contribution in [1.82, 2.24) is 30.2 Å². The molecule has 0 bridgehead atoms. The van der Waals surface area contributed by atoms with Crippen LogP contribution in [0.4, 0.5) is 9.59 Å². The van der Waals surface area contributed by atoms with E-state index in [-0.39, 0.29) is 60.4 Å². The highest BCUT2D eigenvalue weighted by atomic mass is 16.7. The van der Waals surface area contributed by atoms with Gasteiger partial charge in [-0.1, -0.05) is 0 Å². The first kappa shape index (κ1) is 45.3. The Bertz CT molecular complexity index is 1910. The van der Waals surface area contributed by atoms with E-state index >= 15 is 0 Å². The maximum atomic E-state index is 14.4. The molecule has 64 heavy (non-hydrogen) atoms. The number of rotatable bonds is 9. The summed E-state index contributed by atoms with van der Waals surface area (Å²) < 4.78 is 34.0. The Kier molecular flexibility index (Phi) is 14.0. The Hall–Kier alpha value is -5.30. The summed E-state index contributed by atoms with van der Waals surface area (Å²) in [4.78, 5) is 88.5. The maximum Gasteiger partial charge on any atom is 0.409 e. The zero-order chi connectivity index (χ0) is 44.8. The van der Waals surface area contributed by atoms with Crippen molar-refractivity contribution >= 4 is 35.8 Å². The molecule has 0 aromatic heterocycles. The molecule has 6 fully saturated rings. The number of piperidine rings is 4. The topological polar surface area (TPSA) is 195 Å². The molecule has 6 heterocycles. The molecular formula is C46H60N6O12. The van der Waals surface area contributed by atoms with Gasteiger partial charge in [0, 0.05) is 112 Å². The molecule has 18 heteroatoms. The molecule has 0 aliphatic carbocycles. The number of amides is 6. The predicted octanol–water partition coefficient (Wildman–Crippen LogP) is 4.01. The summed E-state index contributed by atoms with van der Waals surface area (Å²) >= 11 is 0. The highest BCUT2D eigenvalue weighted by Crippen LogP contribution is 2.35. The smallest absolute Gasteiger partial charge is 0.409 e. The zero-order valence-corrected chi connectivity index (χ0v) is 36.9. The van der Waals surface area contributed by atoms with Crippen LogP contribution in [0.15, 0.2) is 36.4 Å². The zero-order valence-electron chi connectivity index (χ0n) is 36.9. The van der Waals surface area contributed by atoms with Crippen LogP contribution in [0, 0.1) is 0 Å². The number of nitrogens with one attached hydrogen (secondary N) is 2. The lowest BCUT2D eigenvalue weighted by Gasteiger charge is -2.38. The van der Waals surface area contributed by atoms with E-state index in [2.05, 4.69) is 10.6 Å². The molecule has 0 atom stereocenters. The highest BCUT2D eigenvalue weighted by Gasteiger charge is 2.43. The van der Waals surface area contributed by atoms with Gasteiger partial charge in [0.2, 0.25) is 0 Å². The van der Waals surface area contributed by atoms with Gasteiger partial charge in [0.25, 0.3) is 23.6 Å². The Morgan fingerprint density at radius 3 is 1.17 bits per heavy atom. The summed E-state index contributed by atoms with van der Waals surface area (Å²) in [6.45, 7) is 9.37. The Morgan fingerprint density at radius 1 is 0.500 bits per heavy atom. The summed E-state index contributed by atoms with van der Waals surface area (Å²) in [6, 6.07) is 9.48. The molecule has 2 aromatic rings. The number of hydrogen-bond acceptors (Lipinski definition) is 12. The minimum Gasteiger partial charge on any atom is -0.450 e. The minimum atomic E-state index is -0.689. The van der Waals surface area contributed by atoms with Crippen LogP contribution < -0.4 is 10.6 Å². The fraction of sp³-hybridized carbons (Fsp3) is 0.609. The van der Waals surface area contributed by atoms with Crippen LogP contribution in [-0.4, -0.2) is 171 Å². The summed E-state index contributed by atoms with van der Waals surface area (Å²) in [7, 11) is 0. The van der Waals surface area contributed by atoms with Crippen molar-refractivity contribution in [2.24, 2.45) is 0 Å².